The summed E-state index contributed by atoms with van der Waals surface area (Å²) in [7, 11) is 0. The van der Waals surface area contributed by atoms with Crippen LogP contribution in [-0.2, 0) is 6.42 Å². The molecule has 33 heavy (non-hydrogen) atoms. The van der Waals surface area contributed by atoms with Crippen molar-refractivity contribution in [2.24, 2.45) is 4.99 Å². The molecule has 1 atom stereocenters. The highest BCUT2D eigenvalue weighted by Crippen LogP contribution is 2.21. The molecule has 10 heteroatoms. The SMILES string of the molecule is CCNC(=NCCc1coc(-c2ccc(F)cc2)n1)NC1CCN(c2ncccc2F)C1.I. The highest BCUT2D eigenvalue weighted by atomic mass is 127. The topological polar surface area (TPSA) is 78.6 Å². The number of aliphatic imine (C=N–C) groups is 1. The summed E-state index contributed by atoms with van der Waals surface area (Å²) in [4.78, 5) is 15.2. The molecule has 3 heterocycles. The quantitative estimate of drug-likeness (QED) is 0.255. The molecule has 1 aliphatic rings. The summed E-state index contributed by atoms with van der Waals surface area (Å²) < 4.78 is 32.6. The van der Waals surface area contributed by atoms with Crippen molar-refractivity contribution in [3.63, 3.8) is 0 Å². The standard InChI is InChI=1S/C23H26F2N6O.HI/c1-2-26-23(30-18-10-13-31(14-18)21-20(25)4-3-11-27-21)28-12-9-19-15-32-22(29-19)16-5-7-17(24)8-6-16;/h3-8,11,15,18H,2,9-10,12-14H2,1H3,(H2,26,28,30);1H. The van der Waals surface area contributed by atoms with Crippen LogP contribution in [0.3, 0.4) is 0 Å². The normalized spacial score (nSPS) is 15.9. The molecule has 0 bridgehead atoms. The van der Waals surface area contributed by atoms with Gasteiger partial charge < -0.3 is 20.0 Å². The molecule has 0 spiro atoms. The molecular weight excluding hydrogens is 541 g/mol. The van der Waals surface area contributed by atoms with Crippen molar-refractivity contribution in [1.82, 2.24) is 20.6 Å². The molecule has 1 saturated heterocycles. The van der Waals surface area contributed by atoms with Gasteiger partial charge in [0, 0.05) is 50.4 Å². The third kappa shape index (κ3) is 6.62. The first kappa shape index (κ1) is 24.9. The molecule has 0 aliphatic carbocycles. The van der Waals surface area contributed by atoms with Crippen molar-refractivity contribution in [3.05, 3.63) is 66.2 Å². The van der Waals surface area contributed by atoms with E-state index in [0.717, 1.165) is 30.8 Å². The first-order valence-corrected chi connectivity index (χ1v) is 10.7. The van der Waals surface area contributed by atoms with E-state index in [4.69, 9.17) is 4.42 Å². The molecule has 0 saturated carbocycles. The number of aromatic nitrogens is 2. The molecule has 4 rings (SSSR count). The van der Waals surface area contributed by atoms with E-state index in [1.54, 1.807) is 30.7 Å². The van der Waals surface area contributed by atoms with Crippen LogP contribution < -0.4 is 15.5 Å². The molecule has 1 unspecified atom stereocenters. The first-order valence-electron chi connectivity index (χ1n) is 10.7. The number of rotatable bonds is 7. The Morgan fingerprint density at radius 1 is 1.24 bits per heavy atom. The van der Waals surface area contributed by atoms with Crippen LogP contribution in [0.15, 0.2) is 58.3 Å². The molecular formula is C23H27F2IN6O. The van der Waals surface area contributed by atoms with Crippen molar-refractivity contribution >= 4 is 35.8 Å². The number of hydrogen-bond donors (Lipinski definition) is 2. The smallest absolute Gasteiger partial charge is 0.226 e. The summed E-state index contributed by atoms with van der Waals surface area (Å²) in [5.74, 6) is 0.960. The number of pyridine rings is 1. The van der Waals surface area contributed by atoms with E-state index in [0.29, 0.717) is 37.2 Å². The lowest BCUT2D eigenvalue weighted by Gasteiger charge is -2.19. The van der Waals surface area contributed by atoms with E-state index >= 15 is 0 Å². The zero-order chi connectivity index (χ0) is 22.3. The van der Waals surface area contributed by atoms with Crippen LogP contribution in [0, 0.1) is 11.6 Å². The van der Waals surface area contributed by atoms with E-state index in [2.05, 4.69) is 25.6 Å². The van der Waals surface area contributed by atoms with Crippen LogP contribution in [-0.4, -0.2) is 48.1 Å². The zero-order valence-corrected chi connectivity index (χ0v) is 20.6. The highest BCUT2D eigenvalue weighted by Gasteiger charge is 2.25. The molecule has 0 radical (unpaired) electrons. The maximum atomic E-state index is 14.0. The van der Waals surface area contributed by atoms with Crippen molar-refractivity contribution in [2.75, 3.05) is 31.1 Å². The Balaban J connectivity index is 0.00000306. The molecule has 0 amide bonds. The second-order valence-corrected chi connectivity index (χ2v) is 7.55. The summed E-state index contributed by atoms with van der Waals surface area (Å²) >= 11 is 0. The van der Waals surface area contributed by atoms with E-state index < -0.39 is 0 Å². The molecule has 2 aromatic heterocycles. The molecule has 1 aliphatic heterocycles. The van der Waals surface area contributed by atoms with Crippen molar-refractivity contribution < 1.29 is 13.2 Å². The Morgan fingerprint density at radius 2 is 2.06 bits per heavy atom. The predicted molar refractivity (Wildman–Crippen MR) is 135 cm³/mol. The zero-order valence-electron chi connectivity index (χ0n) is 18.3. The second kappa shape index (κ2) is 11.9. The van der Waals surface area contributed by atoms with Crippen molar-refractivity contribution in [1.29, 1.82) is 0 Å². The summed E-state index contributed by atoms with van der Waals surface area (Å²) in [6.07, 6.45) is 4.68. The number of nitrogens with zero attached hydrogens (tertiary/aromatic N) is 4. The molecule has 1 fully saturated rings. The van der Waals surface area contributed by atoms with Gasteiger partial charge in [-0.3, -0.25) is 4.99 Å². The van der Waals surface area contributed by atoms with E-state index in [-0.39, 0.29) is 41.7 Å². The average molecular weight is 568 g/mol. The minimum absolute atomic E-state index is 0. The number of guanidine groups is 1. The fourth-order valence-electron chi connectivity index (χ4n) is 3.62. The highest BCUT2D eigenvalue weighted by molar-refractivity contribution is 14.0. The molecule has 2 N–H and O–H groups in total. The number of nitrogens with one attached hydrogen (secondary N) is 2. The lowest BCUT2D eigenvalue weighted by Crippen LogP contribution is -2.44. The fourth-order valence-corrected chi connectivity index (χ4v) is 3.62. The van der Waals surface area contributed by atoms with Crippen molar-refractivity contribution in [2.45, 2.75) is 25.8 Å². The van der Waals surface area contributed by atoms with Gasteiger partial charge in [-0.15, -0.1) is 24.0 Å². The summed E-state index contributed by atoms with van der Waals surface area (Å²) in [5, 5.41) is 6.68. The predicted octanol–water partition coefficient (Wildman–Crippen LogP) is 4.01. The molecule has 3 aromatic rings. The van der Waals surface area contributed by atoms with Gasteiger partial charge in [-0.25, -0.2) is 18.7 Å². The first-order chi connectivity index (χ1) is 15.6. The van der Waals surface area contributed by atoms with E-state index in [1.807, 2.05) is 11.8 Å². The Hall–Kier alpha value is -2.76. The monoisotopic (exact) mass is 568 g/mol. The average Bonchev–Trinajstić information content (AvgIpc) is 3.45. The fraction of sp³-hybridized carbons (Fsp3) is 0.348. The Labute approximate surface area is 208 Å². The Kier molecular flexibility index (Phi) is 8.98. The van der Waals surface area contributed by atoms with Gasteiger partial charge in [-0.2, -0.15) is 0 Å². The van der Waals surface area contributed by atoms with Crippen LogP contribution in [0.4, 0.5) is 14.6 Å². The van der Waals surface area contributed by atoms with Gasteiger partial charge in [0.15, 0.2) is 17.6 Å². The number of oxazole rings is 1. The molecule has 7 nitrogen and oxygen atoms in total. The third-order valence-electron chi connectivity index (χ3n) is 5.19. The Bertz CT molecular complexity index is 1060. The van der Waals surface area contributed by atoms with Crippen LogP contribution in [0.5, 0.6) is 0 Å². The van der Waals surface area contributed by atoms with Gasteiger partial charge in [0.05, 0.1) is 5.69 Å². The Morgan fingerprint density at radius 3 is 2.82 bits per heavy atom. The van der Waals surface area contributed by atoms with Gasteiger partial charge in [-0.05, 0) is 49.7 Å². The van der Waals surface area contributed by atoms with Crippen molar-refractivity contribution in [3.8, 4) is 11.5 Å². The largest absolute Gasteiger partial charge is 0.444 e. The van der Waals surface area contributed by atoms with Crippen LogP contribution in [0.2, 0.25) is 0 Å². The minimum atomic E-state index is -0.304. The number of anilines is 1. The third-order valence-corrected chi connectivity index (χ3v) is 5.19. The lowest BCUT2D eigenvalue weighted by atomic mass is 10.2. The van der Waals surface area contributed by atoms with Gasteiger partial charge >= 0.3 is 0 Å². The lowest BCUT2D eigenvalue weighted by molar-refractivity contribution is 0.572. The summed E-state index contributed by atoms with van der Waals surface area (Å²) in [5.41, 5.74) is 1.51. The summed E-state index contributed by atoms with van der Waals surface area (Å²) in [6.45, 7) is 4.65. The van der Waals surface area contributed by atoms with Crippen LogP contribution in [0.25, 0.3) is 11.5 Å². The van der Waals surface area contributed by atoms with E-state index in [9.17, 15) is 8.78 Å². The van der Waals surface area contributed by atoms with Crippen LogP contribution in [0.1, 0.15) is 19.0 Å². The van der Waals surface area contributed by atoms with Gasteiger partial charge in [0.1, 0.15) is 12.1 Å². The number of benzene rings is 1. The maximum absolute atomic E-state index is 14.0. The number of hydrogen-bond acceptors (Lipinski definition) is 5. The second-order valence-electron chi connectivity index (χ2n) is 7.55. The van der Waals surface area contributed by atoms with Crippen LogP contribution >= 0.6 is 24.0 Å². The van der Waals surface area contributed by atoms with Gasteiger partial charge in [0.2, 0.25) is 5.89 Å². The molecule has 1 aromatic carbocycles. The minimum Gasteiger partial charge on any atom is -0.444 e. The maximum Gasteiger partial charge on any atom is 0.226 e. The van der Waals surface area contributed by atoms with Gasteiger partial charge in [0.25, 0.3) is 0 Å². The summed E-state index contributed by atoms with van der Waals surface area (Å²) in [6, 6.07) is 9.20. The van der Waals surface area contributed by atoms with E-state index in [1.165, 1.54) is 18.2 Å². The number of halogens is 3. The molecule has 176 valence electrons. The van der Waals surface area contributed by atoms with Gasteiger partial charge in [-0.1, -0.05) is 0 Å².